The second-order valence-electron chi connectivity index (χ2n) is 8.82. The molecule has 5 rings (SSSR count). The first-order chi connectivity index (χ1) is 14.6. The number of amides is 1. The van der Waals surface area contributed by atoms with Crippen LogP contribution in [-0.4, -0.2) is 43.3 Å². The summed E-state index contributed by atoms with van der Waals surface area (Å²) in [4.78, 5) is 33.3. The van der Waals surface area contributed by atoms with Gasteiger partial charge in [0, 0.05) is 30.2 Å². The molecule has 8 nitrogen and oxygen atoms in total. The van der Waals surface area contributed by atoms with Gasteiger partial charge in [0.1, 0.15) is 5.60 Å². The monoisotopic (exact) mass is 409 g/mol. The third kappa shape index (κ3) is 3.59. The lowest BCUT2D eigenvalue weighted by Crippen LogP contribution is -2.47. The predicted molar refractivity (Wildman–Crippen MR) is 108 cm³/mol. The van der Waals surface area contributed by atoms with Crippen molar-refractivity contribution in [3.8, 4) is 11.3 Å². The summed E-state index contributed by atoms with van der Waals surface area (Å²) in [5, 5.41) is 7.75. The quantitative estimate of drug-likeness (QED) is 0.780. The number of nitrogens with zero attached hydrogens (tertiary/aromatic N) is 4. The van der Waals surface area contributed by atoms with Crippen LogP contribution in [0.5, 0.6) is 0 Å². The molecule has 0 radical (unpaired) electrons. The van der Waals surface area contributed by atoms with Crippen molar-refractivity contribution in [2.45, 2.75) is 75.5 Å². The van der Waals surface area contributed by atoms with E-state index in [2.05, 4.69) is 20.4 Å². The van der Waals surface area contributed by atoms with E-state index in [9.17, 15) is 9.59 Å². The van der Waals surface area contributed by atoms with Gasteiger partial charge in [-0.05, 0) is 51.4 Å². The summed E-state index contributed by atoms with van der Waals surface area (Å²) >= 11 is 0. The zero-order chi connectivity index (χ0) is 20.6. The van der Waals surface area contributed by atoms with E-state index in [0.717, 1.165) is 62.6 Å². The minimum atomic E-state index is -0.538. The molecule has 1 saturated heterocycles. The number of hydrogen-bond acceptors (Lipinski definition) is 6. The second kappa shape index (κ2) is 7.81. The Kier molecular flexibility index (Phi) is 5.00. The lowest BCUT2D eigenvalue weighted by atomic mass is 9.84. The van der Waals surface area contributed by atoms with Crippen molar-refractivity contribution in [2.24, 2.45) is 5.92 Å². The van der Waals surface area contributed by atoms with Gasteiger partial charge in [-0.25, -0.2) is 0 Å². The lowest BCUT2D eigenvalue weighted by molar-refractivity contribution is -0.150. The van der Waals surface area contributed by atoms with Gasteiger partial charge in [-0.2, -0.15) is 5.10 Å². The Hall–Kier alpha value is -2.77. The fourth-order valence-electron chi connectivity index (χ4n) is 5.35. The van der Waals surface area contributed by atoms with Gasteiger partial charge in [0.2, 0.25) is 5.91 Å². The standard InChI is InChI=1S/C22H27N5O3/c28-20-11-18(22(30-20)7-1-2-8-22)21(29)26-16-3-5-17(6-4-16)27-14-15(12-25-27)19-13-23-9-10-24-19/h9-10,12-14,16-18H,1-8,11H2,(H,26,29). The van der Waals surface area contributed by atoms with Crippen LogP contribution in [0.2, 0.25) is 0 Å². The molecule has 3 heterocycles. The minimum absolute atomic E-state index is 0.00442. The molecule has 1 amide bonds. The van der Waals surface area contributed by atoms with Gasteiger partial charge < -0.3 is 10.1 Å². The van der Waals surface area contributed by atoms with Crippen LogP contribution in [0.25, 0.3) is 11.3 Å². The summed E-state index contributed by atoms with van der Waals surface area (Å²) in [6.45, 7) is 0. The van der Waals surface area contributed by atoms with Gasteiger partial charge in [-0.1, -0.05) is 0 Å². The number of ether oxygens (including phenoxy) is 1. The van der Waals surface area contributed by atoms with E-state index in [4.69, 9.17) is 4.74 Å². The predicted octanol–water partition coefficient (Wildman–Crippen LogP) is 2.82. The largest absolute Gasteiger partial charge is 0.458 e. The van der Waals surface area contributed by atoms with E-state index in [1.807, 2.05) is 17.1 Å². The van der Waals surface area contributed by atoms with Crippen molar-refractivity contribution < 1.29 is 14.3 Å². The molecule has 1 aliphatic heterocycles. The number of carbonyl (C=O) groups excluding carboxylic acids is 2. The van der Waals surface area contributed by atoms with E-state index in [-0.39, 0.29) is 30.3 Å². The summed E-state index contributed by atoms with van der Waals surface area (Å²) in [5.41, 5.74) is 1.25. The maximum Gasteiger partial charge on any atom is 0.307 e. The minimum Gasteiger partial charge on any atom is -0.458 e. The van der Waals surface area contributed by atoms with Crippen LogP contribution in [0.15, 0.2) is 31.0 Å². The van der Waals surface area contributed by atoms with Gasteiger partial charge in [-0.3, -0.25) is 24.2 Å². The maximum atomic E-state index is 13.0. The molecule has 2 aliphatic carbocycles. The number of hydrogen-bond donors (Lipinski definition) is 1. The van der Waals surface area contributed by atoms with E-state index in [1.165, 1.54) is 0 Å². The molecule has 0 bridgehead atoms. The summed E-state index contributed by atoms with van der Waals surface area (Å²) in [7, 11) is 0. The number of rotatable bonds is 4. The first kappa shape index (κ1) is 19.2. The molecule has 158 valence electrons. The van der Waals surface area contributed by atoms with Crippen LogP contribution >= 0.6 is 0 Å². The van der Waals surface area contributed by atoms with Gasteiger partial charge in [0.15, 0.2) is 0 Å². The Morgan fingerprint density at radius 1 is 1.13 bits per heavy atom. The summed E-state index contributed by atoms with van der Waals surface area (Å²) < 4.78 is 7.64. The smallest absolute Gasteiger partial charge is 0.307 e. The summed E-state index contributed by atoms with van der Waals surface area (Å²) in [5.74, 6) is -0.556. The SMILES string of the molecule is O=C1CC(C(=O)NC2CCC(n3cc(-c4cnccn4)cn3)CC2)C2(CCCC2)O1. The third-order valence-electron chi connectivity index (χ3n) is 6.97. The topological polar surface area (TPSA) is 99.0 Å². The normalized spacial score (nSPS) is 27.9. The fourth-order valence-corrected chi connectivity index (χ4v) is 5.35. The molecular formula is C22H27N5O3. The molecule has 1 spiro atoms. The molecule has 1 N–H and O–H groups in total. The van der Waals surface area contributed by atoms with Crippen molar-refractivity contribution in [2.75, 3.05) is 0 Å². The molecule has 1 unspecified atom stereocenters. The van der Waals surface area contributed by atoms with Crippen molar-refractivity contribution in [3.63, 3.8) is 0 Å². The molecule has 8 heteroatoms. The van der Waals surface area contributed by atoms with Crippen LogP contribution in [0, 0.1) is 5.92 Å². The first-order valence-corrected chi connectivity index (χ1v) is 11.0. The number of nitrogens with one attached hydrogen (secondary N) is 1. The van der Waals surface area contributed by atoms with Crippen LogP contribution in [-0.2, 0) is 14.3 Å². The molecule has 2 aromatic rings. The van der Waals surface area contributed by atoms with Crippen LogP contribution in [0.3, 0.4) is 0 Å². The van der Waals surface area contributed by atoms with Gasteiger partial charge >= 0.3 is 5.97 Å². The number of esters is 1. The third-order valence-corrected chi connectivity index (χ3v) is 6.97. The van der Waals surface area contributed by atoms with E-state index in [1.54, 1.807) is 18.6 Å². The van der Waals surface area contributed by atoms with Crippen molar-refractivity contribution in [1.29, 1.82) is 0 Å². The van der Waals surface area contributed by atoms with Gasteiger partial charge in [0.25, 0.3) is 0 Å². The highest BCUT2D eigenvalue weighted by atomic mass is 16.6. The van der Waals surface area contributed by atoms with Crippen molar-refractivity contribution in [1.82, 2.24) is 25.1 Å². The van der Waals surface area contributed by atoms with Crippen molar-refractivity contribution >= 4 is 11.9 Å². The first-order valence-electron chi connectivity index (χ1n) is 11.0. The fraction of sp³-hybridized carbons (Fsp3) is 0.591. The van der Waals surface area contributed by atoms with Crippen molar-refractivity contribution in [3.05, 3.63) is 31.0 Å². The average molecular weight is 409 g/mol. The van der Waals surface area contributed by atoms with E-state index < -0.39 is 5.60 Å². The summed E-state index contributed by atoms with van der Waals surface area (Å²) in [6, 6.07) is 0.471. The zero-order valence-electron chi connectivity index (χ0n) is 17.0. The molecule has 30 heavy (non-hydrogen) atoms. The Morgan fingerprint density at radius 2 is 1.93 bits per heavy atom. The molecule has 3 aliphatic rings. The average Bonchev–Trinajstić information content (AvgIpc) is 3.50. The number of carbonyl (C=O) groups is 2. The summed E-state index contributed by atoms with van der Waals surface area (Å²) in [6.07, 6.45) is 16.6. The van der Waals surface area contributed by atoms with E-state index >= 15 is 0 Å². The van der Waals surface area contributed by atoms with Gasteiger partial charge in [0.05, 0.1) is 36.5 Å². The molecule has 2 saturated carbocycles. The zero-order valence-corrected chi connectivity index (χ0v) is 17.0. The Labute approximate surface area is 175 Å². The highest BCUT2D eigenvalue weighted by molar-refractivity contribution is 5.88. The molecule has 3 fully saturated rings. The highest BCUT2D eigenvalue weighted by Gasteiger charge is 2.54. The molecule has 1 atom stereocenters. The highest BCUT2D eigenvalue weighted by Crippen LogP contribution is 2.45. The Morgan fingerprint density at radius 3 is 2.67 bits per heavy atom. The molecule has 0 aromatic carbocycles. The Balaban J connectivity index is 1.17. The van der Waals surface area contributed by atoms with E-state index in [0.29, 0.717) is 6.04 Å². The van der Waals surface area contributed by atoms with Crippen LogP contribution in [0.1, 0.15) is 63.8 Å². The molecule has 2 aromatic heterocycles. The van der Waals surface area contributed by atoms with Gasteiger partial charge in [-0.15, -0.1) is 0 Å². The second-order valence-corrected chi connectivity index (χ2v) is 8.82. The number of aromatic nitrogens is 4. The lowest BCUT2D eigenvalue weighted by Gasteiger charge is -2.32. The van der Waals surface area contributed by atoms with Crippen LogP contribution in [0.4, 0.5) is 0 Å². The van der Waals surface area contributed by atoms with Crippen LogP contribution < -0.4 is 5.32 Å². The molecular weight excluding hydrogens is 382 g/mol. The maximum absolute atomic E-state index is 13.0. The Bertz CT molecular complexity index is 914.